The number of hydrogen-bond acceptors (Lipinski definition) is 11. The average molecular weight is 683 g/mol. The summed E-state index contributed by atoms with van der Waals surface area (Å²) in [6.45, 7) is 0.884. The van der Waals surface area contributed by atoms with Gasteiger partial charge in [0.1, 0.15) is 0 Å². The normalized spacial score (nSPS) is 34.7. The van der Waals surface area contributed by atoms with E-state index < -0.39 is 47.6 Å². The average Bonchev–Trinajstić information content (AvgIpc) is 3.10. The number of carboxylic acids is 2. The van der Waals surface area contributed by atoms with Gasteiger partial charge in [0.15, 0.2) is 0 Å². The maximum absolute atomic E-state index is 13.1. The number of hydroxylamine groups is 1. The zero-order valence-electron chi connectivity index (χ0n) is 28.2. The summed E-state index contributed by atoms with van der Waals surface area (Å²) in [5.74, 6) is -6.31. The molecule has 0 spiro atoms. The van der Waals surface area contributed by atoms with Gasteiger partial charge in [0.05, 0.1) is 69.2 Å². The van der Waals surface area contributed by atoms with Crippen LogP contribution < -0.4 is 10.8 Å². The van der Waals surface area contributed by atoms with E-state index in [0.29, 0.717) is 38.9 Å². The third kappa shape index (κ3) is 9.88. The summed E-state index contributed by atoms with van der Waals surface area (Å²) in [5, 5.41) is 32.6. The summed E-state index contributed by atoms with van der Waals surface area (Å²) in [6, 6.07) is -0.500. The van der Waals surface area contributed by atoms with Gasteiger partial charge in [0.25, 0.3) is 0 Å². The van der Waals surface area contributed by atoms with Gasteiger partial charge in [-0.1, -0.05) is 0 Å². The molecule has 5 N–H and O–H groups in total. The number of aliphatic carboxylic acids is 2. The van der Waals surface area contributed by atoms with Crippen molar-refractivity contribution in [1.82, 2.24) is 10.8 Å². The van der Waals surface area contributed by atoms with Crippen molar-refractivity contribution in [3.8, 4) is 0 Å². The van der Waals surface area contributed by atoms with E-state index in [4.69, 9.17) is 18.9 Å². The highest BCUT2D eigenvalue weighted by Gasteiger charge is 2.45. The standard InChI is InChI=1S/C34H54N2O12/c1-45-33(42)20-5-13-25(31(38)39)27(17-20)29(36-44)19-3-9-23(10-4-19)47-15-16-48-24-11-7-22(8-12-24)35-30(37)28-18-21(34(43)46-2)6-14-26(28)32(40)41/h19-29,36,44H,3-18H2,1-2H3,(H,35,37)(H,38,39)(H,40,41). The van der Waals surface area contributed by atoms with Gasteiger partial charge < -0.3 is 39.7 Å². The molecule has 48 heavy (non-hydrogen) atoms. The molecule has 1 amide bonds. The van der Waals surface area contributed by atoms with E-state index >= 15 is 0 Å². The number of nitrogens with one attached hydrogen (secondary N) is 2. The highest BCUT2D eigenvalue weighted by Crippen LogP contribution is 2.42. The Kier molecular flexibility index (Phi) is 14.5. The number of carbonyl (C=O) groups excluding carboxylic acids is 3. The molecular weight excluding hydrogens is 628 g/mol. The van der Waals surface area contributed by atoms with Gasteiger partial charge in [-0.05, 0) is 102 Å². The van der Waals surface area contributed by atoms with Crippen LogP contribution in [0.4, 0.5) is 0 Å². The summed E-state index contributed by atoms with van der Waals surface area (Å²) in [5.41, 5.74) is 2.41. The van der Waals surface area contributed by atoms with Gasteiger partial charge in [-0.3, -0.25) is 24.0 Å². The summed E-state index contributed by atoms with van der Waals surface area (Å²) >= 11 is 0. The SMILES string of the molecule is COC(=O)C1CCC(C(=O)O)C(C(=O)NC2CCC(OCCOC3CCC(C(NO)C4CC(C(=O)OC)CCC4C(=O)O)CC3)CC2)C1. The first-order valence-electron chi connectivity index (χ1n) is 17.6. The summed E-state index contributed by atoms with van der Waals surface area (Å²) in [7, 11) is 2.64. The minimum Gasteiger partial charge on any atom is -0.481 e. The molecule has 0 aliphatic heterocycles. The number of hydrogen-bond donors (Lipinski definition) is 5. The minimum atomic E-state index is -1.01. The first kappa shape index (κ1) is 38.0. The minimum absolute atomic E-state index is 0.0468. The number of esters is 2. The lowest BCUT2D eigenvalue weighted by Gasteiger charge is -2.42. The first-order chi connectivity index (χ1) is 23.1. The van der Waals surface area contributed by atoms with Crippen molar-refractivity contribution in [3.63, 3.8) is 0 Å². The molecule has 7 atom stereocenters. The van der Waals surface area contributed by atoms with Crippen LogP contribution in [-0.4, -0.2) is 96.9 Å². The molecule has 14 nitrogen and oxygen atoms in total. The lowest BCUT2D eigenvalue weighted by atomic mass is 9.66. The molecule has 0 aromatic heterocycles. The molecule has 0 radical (unpaired) electrons. The Morgan fingerprint density at radius 1 is 0.646 bits per heavy atom. The predicted molar refractivity (Wildman–Crippen MR) is 168 cm³/mol. The van der Waals surface area contributed by atoms with Crippen molar-refractivity contribution in [2.45, 2.75) is 114 Å². The molecule has 272 valence electrons. The highest BCUT2D eigenvalue weighted by atomic mass is 16.5. The van der Waals surface area contributed by atoms with E-state index in [2.05, 4.69) is 10.8 Å². The van der Waals surface area contributed by atoms with Crippen molar-refractivity contribution in [2.75, 3.05) is 27.4 Å². The number of methoxy groups -OCH3 is 2. The summed E-state index contributed by atoms with van der Waals surface area (Å²) in [6.07, 6.45) is 8.21. The lowest BCUT2D eigenvalue weighted by molar-refractivity contribution is -0.155. The van der Waals surface area contributed by atoms with Crippen LogP contribution in [0.5, 0.6) is 0 Å². The van der Waals surface area contributed by atoms with Crippen LogP contribution in [-0.2, 0) is 42.9 Å². The van der Waals surface area contributed by atoms with Crippen molar-refractivity contribution >= 4 is 29.8 Å². The van der Waals surface area contributed by atoms with Crippen LogP contribution in [0.25, 0.3) is 0 Å². The molecule has 4 fully saturated rings. The van der Waals surface area contributed by atoms with Crippen molar-refractivity contribution < 1.29 is 58.3 Å². The number of amides is 1. The van der Waals surface area contributed by atoms with E-state index in [1.807, 2.05) is 0 Å². The van der Waals surface area contributed by atoms with Crippen molar-refractivity contribution in [3.05, 3.63) is 0 Å². The molecule has 0 bridgehead atoms. The molecule has 4 saturated carbocycles. The smallest absolute Gasteiger partial charge is 0.308 e. The van der Waals surface area contributed by atoms with Crippen molar-refractivity contribution in [2.24, 2.45) is 41.4 Å². The third-order valence-electron chi connectivity index (χ3n) is 11.4. The quantitative estimate of drug-likeness (QED) is 0.102. The van der Waals surface area contributed by atoms with Crippen LogP contribution in [0.3, 0.4) is 0 Å². The van der Waals surface area contributed by atoms with E-state index in [1.54, 1.807) is 0 Å². The Morgan fingerprint density at radius 3 is 1.65 bits per heavy atom. The van der Waals surface area contributed by atoms with Gasteiger partial charge in [-0.25, -0.2) is 5.48 Å². The molecule has 4 aliphatic rings. The second-order valence-electron chi connectivity index (χ2n) is 14.1. The molecule has 0 aromatic carbocycles. The van der Waals surface area contributed by atoms with Crippen LogP contribution in [0.15, 0.2) is 0 Å². The Hall–Kier alpha value is -2.81. The van der Waals surface area contributed by atoms with E-state index in [9.17, 15) is 39.4 Å². The predicted octanol–water partition coefficient (Wildman–Crippen LogP) is 2.93. The molecule has 0 saturated heterocycles. The zero-order chi connectivity index (χ0) is 34.8. The summed E-state index contributed by atoms with van der Waals surface area (Å²) in [4.78, 5) is 61.1. The maximum Gasteiger partial charge on any atom is 0.308 e. The third-order valence-corrected chi connectivity index (χ3v) is 11.4. The van der Waals surface area contributed by atoms with Gasteiger partial charge in [0, 0.05) is 12.1 Å². The fourth-order valence-corrected chi connectivity index (χ4v) is 8.70. The largest absolute Gasteiger partial charge is 0.481 e. The second-order valence-corrected chi connectivity index (χ2v) is 14.1. The molecule has 14 heteroatoms. The molecule has 7 unspecified atom stereocenters. The van der Waals surface area contributed by atoms with E-state index in [-0.39, 0.29) is 60.7 Å². The van der Waals surface area contributed by atoms with Crippen molar-refractivity contribution in [1.29, 1.82) is 0 Å². The Labute approximate surface area is 281 Å². The number of ether oxygens (including phenoxy) is 4. The van der Waals surface area contributed by atoms with Gasteiger partial charge in [-0.15, -0.1) is 0 Å². The topological polar surface area (TPSA) is 207 Å². The first-order valence-corrected chi connectivity index (χ1v) is 17.6. The zero-order valence-corrected chi connectivity index (χ0v) is 28.2. The molecular formula is C34H54N2O12. The van der Waals surface area contributed by atoms with Gasteiger partial charge in [0.2, 0.25) is 5.91 Å². The molecule has 0 aromatic rings. The maximum atomic E-state index is 13.1. The monoisotopic (exact) mass is 682 g/mol. The van der Waals surface area contributed by atoms with E-state index in [0.717, 1.165) is 51.4 Å². The Bertz CT molecular complexity index is 1100. The Morgan fingerprint density at radius 2 is 1.15 bits per heavy atom. The van der Waals surface area contributed by atoms with Gasteiger partial charge >= 0.3 is 23.9 Å². The Balaban J connectivity index is 1.14. The van der Waals surface area contributed by atoms with Crippen LogP contribution in [0.2, 0.25) is 0 Å². The molecule has 4 rings (SSSR count). The molecule has 0 heterocycles. The van der Waals surface area contributed by atoms with E-state index in [1.165, 1.54) is 14.2 Å². The van der Waals surface area contributed by atoms with Crippen LogP contribution >= 0.6 is 0 Å². The fourth-order valence-electron chi connectivity index (χ4n) is 8.70. The molecule has 4 aliphatic carbocycles. The number of rotatable bonds is 14. The van der Waals surface area contributed by atoms with Crippen LogP contribution in [0.1, 0.15) is 89.9 Å². The second kappa shape index (κ2) is 18.3. The summed E-state index contributed by atoms with van der Waals surface area (Å²) < 4.78 is 21.9. The van der Waals surface area contributed by atoms with Crippen LogP contribution in [0, 0.1) is 41.4 Å². The highest BCUT2D eigenvalue weighted by molar-refractivity contribution is 5.86. The number of carboxylic acid groups (broad SMARTS) is 2. The van der Waals surface area contributed by atoms with Gasteiger partial charge in [-0.2, -0.15) is 0 Å². The number of carbonyl (C=O) groups is 5. The fraction of sp³-hybridized carbons (Fsp3) is 0.853. The lowest BCUT2D eigenvalue weighted by Crippen LogP contribution is -2.49.